The maximum Gasteiger partial charge on any atom is 0.329 e. The third-order valence-corrected chi connectivity index (χ3v) is 3.11. The summed E-state index contributed by atoms with van der Waals surface area (Å²) in [5.74, 6) is -1.65. The van der Waals surface area contributed by atoms with E-state index in [0.717, 1.165) is 5.56 Å². The molecule has 7 heteroatoms. The van der Waals surface area contributed by atoms with Gasteiger partial charge in [-0.3, -0.25) is 14.6 Å². The van der Waals surface area contributed by atoms with Crippen molar-refractivity contribution in [3.05, 3.63) is 58.8 Å². The second-order valence-electron chi connectivity index (χ2n) is 3.91. The van der Waals surface area contributed by atoms with Gasteiger partial charge < -0.3 is 5.32 Å². The Morgan fingerprint density at radius 2 is 1.81 bits per heavy atom. The van der Waals surface area contributed by atoms with Crippen molar-refractivity contribution in [3.8, 4) is 0 Å². The first-order valence-corrected chi connectivity index (χ1v) is 6.75. The van der Waals surface area contributed by atoms with Crippen LogP contribution in [0.25, 0.3) is 0 Å². The fourth-order valence-electron chi connectivity index (χ4n) is 1.41. The van der Waals surface area contributed by atoms with Gasteiger partial charge >= 0.3 is 11.8 Å². The number of para-hydroxylation sites is 1. The number of rotatable bonds is 3. The molecular formula is C14H11BrN4O2. The van der Waals surface area contributed by atoms with Crippen LogP contribution in [0.1, 0.15) is 5.56 Å². The molecule has 0 saturated heterocycles. The van der Waals surface area contributed by atoms with Gasteiger partial charge in [-0.25, -0.2) is 5.43 Å². The van der Waals surface area contributed by atoms with Crippen LogP contribution in [0, 0.1) is 0 Å². The van der Waals surface area contributed by atoms with Crippen molar-refractivity contribution in [1.82, 2.24) is 10.4 Å². The van der Waals surface area contributed by atoms with E-state index in [2.05, 4.69) is 36.8 Å². The van der Waals surface area contributed by atoms with Gasteiger partial charge in [0.05, 0.1) is 11.9 Å². The number of benzene rings is 1. The fourth-order valence-corrected chi connectivity index (χ4v) is 1.79. The van der Waals surface area contributed by atoms with Gasteiger partial charge in [0.1, 0.15) is 0 Å². The van der Waals surface area contributed by atoms with Crippen LogP contribution in [0.4, 0.5) is 5.69 Å². The number of hydrogen-bond acceptors (Lipinski definition) is 4. The number of aromatic nitrogens is 1. The highest BCUT2D eigenvalue weighted by Crippen LogP contribution is 2.20. The highest BCUT2D eigenvalue weighted by Gasteiger charge is 2.13. The molecule has 2 amide bonds. The van der Waals surface area contributed by atoms with E-state index in [1.165, 1.54) is 6.21 Å². The van der Waals surface area contributed by atoms with Crippen molar-refractivity contribution in [1.29, 1.82) is 0 Å². The maximum absolute atomic E-state index is 11.7. The fraction of sp³-hybridized carbons (Fsp3) is 0. The van der Waals surface area contributed by atoms with Crippen molar-refractivity contribution >= 4 is 39.6 Å². The second kappa shape index (κ2) is 7.30. The SMILES string of the molecule is O=C(N/N=C\c1ccncc1)C(=O)Nc1ccccc1Br. The van der Waals surface area contributed by atoms with Crippen LogP contribution in [0.2, 0.25) is 0 Å². The number of amides is 2. The largest absolute Gasteiger partial charge is 0.329 e. The average molecular weight is 347 g/mol. The van der Waals surface area contributed by atoms with E-state index in [9.17, 15) is 9.59 Å². The van der Waals surface area contributed by atoms with Crippen molar-refractivity contribution in [2.45, 2.75) is 0 Å². The number of hydrogen-bond donors (Lipinski definition) is 2. The quantitative estimate of drug-likeness (QED) is 0.506. The second-order valence-corrected chi connectivity index (χ2v) is 4.77. The summed E-state index contributed by atoms with van der Waals surface area (Å²) in [6.07, 6.45) is 4.62. The molecular weight excluding hydrogens is 336 g/mol. The lowest BCUT2D eigenvalue weighted by molar-refractivity contribution is -0.136. The van der Waals surface area contributed by atoms with E-state index in [-0.39, 0.29) is 0 Å². The van der Waals surface area contributed by atoms with E-state index in [4.69, 9.17) is 0 Å². The predicted octanol–water partition coefficient (Wildman–Crippen LogP) is 1.93. The standard InChI is InChI=1S/C14H11BrN4O2/c15-11-3-1-2-4-12(11)18-13(20)14(21)19-17-9-10-5-7-16-8-6-10/h1-9H,(H,18,20)(H,19,21)/b17-9-. The van der Waals surface area contributed by atoms with Gasteiger partial charge in [-0.1, -0.05) is 12.1 Å². The molecule has 0 unspecified atom stereocenters. The normalized spacial score (nSPS) is 10.3. The smallest absolute Gasteiger partial charge is 0.317 e. The number of pyridine rings is 1. The van der Waals surface area contributed by atoms with Crippen LogP contribution in [0.3, 0.4) is 0 Å². The number of halogens is 1. The molecule has 0 saturated carbocycles. The summed E-state index contributed by atoms with van der Waals surface area (Å²) >= 11 is 3.28. The highest BCUT2D eigenvalue weighted by molar-refractivity contribution is 9.10. The van der Waals surface area contributed by atoms with Crippen LogP contribution in [0.5, 0.6) is 0 Å². The number of nitrogens with one attached hydrogen (secondary N) is 2. The van der Waals surface area contributed by atoms with E-state index in [0.29, 0.717) is 10.2 Å². The van der Waals surface area contributed by atoms with E-state index < -0.39 is 11.8 Å². The lowest BCUT2D eigenvalue weighted by Crippen LogP contribution is -2.32. The van der Waals surface area contributed by atoms with E-state index >= 15 is 0 Å². The minimum Gasteiger partial charge on any atom is -0.317 e. The van der Waals surface area contributed by atoms with E-state index in [1.807, 2.05) is 0 Å². The van der Waals surface area contributed by atoms with Crippen LogP contribution in [-0.2, 0) is 9.59 Å². The average Bonchev–Trinajstić information content (AvgIpc) is 2.50. The molecule has 2 rings (SSSR count). The molecule has 0 spiro atoms. The van der Waals surface area contributed by atoms with Crippen LogP contribution in [-0.4, -0.2) is 23.0 Å². The monoisotopic (exact) mass is 346 g/mol. The van der Waals surface area contributed by atoms with Crippen molar-refractivity contribution in [2.24, 2.45) is 5.10 Å². The van der Waals surface area contributed by atoms with Gasteiger partial charge in [0.25, 0.3) is 0 Å². The highest BCUT2D eigenvalue weighted by atomic mass is 79.9. The Hall–Kier alpha value is -2.54. The summed E-state index contributed by atoms with van der Waals surface area (Å²) in [6, 6.07) is 10.4. The van der Waals surface area contributed by atoms with Gasteiger partial charge in [-0.05, 0) is 45.8 Å². The number of carbonyl (C=O) groups excluding carboxylic acids is 2. The molecule has 106 valence electrons. The molecule has 1 aromatic carbocycles. The zero-order valence-corrected chi connectivity index (χ0v) is 12.4. The minimum atomic E-state index is -0.851. The van der Waals surface area contributed by atoms with Crippen LogP contribution < -0.4 is 10.7 Å². The molecule has 2 N–H and O–H groups in total. The zero-order valence-electron chi connectivity index (χ0n) is 10.8. The number of anilines is 1. The first kappa shape index (κ1) is 14.9. The Balaban J connectivity index is 1.90. The van der Waals surface area contributed by atoms with Gasteiger partial charge in [0.15, 0.2) is 0 Å². The Labute approximate surface area is 129 Å². The molecule has 0 aliphatic heterocycles. The third-order valence-electron chi connectivity index (χ3n) is 2.41. The molecule has 21 heavy (non-hydrogen) atoms. The van der Waals surface area contributed by atoms with Gasteiger partial charge in [-0.2, -0.15) is 5.10 Å². The maximum atomic E-state index is 11.7. The molecule has 0 radical (unpaired) electrons. The Kier molecular flexibility index (Phi) is 5.16. The van der Waals surface area contributed by atoms with Crippen LogP contribution in [0.15, 0.2) is 58.4 Å². The Morgan fingerprint density at radius 1 is 1.10 bits per heavy atom. The molecule has 0 aliphatic rings. The Morgan fingerprint density at radius 3 is 2.52 bits per heavy atom. The molecule has 2 aromatic rings. The molecule has 0 fully saturated rings. The first-order chi connectivity index (χ1) is 10.2. The molecule has 1 aromatic heterocycles. The number of nitrogens with zero attached hydrogens (tertiary/aromatic N) is 2. The van der Waals surface area contributed by atoms with Gasteiger partial charge in [-0.15, -0.1) is 0 Å². The molecule has 0 atom stereocenters. The number of hydrazone groups is 1. The van der Waals surface area contributed by atoms with E-state index in [1.54, 1.807) is 48.8 Å². The van der Waals surface area contributed by atoms with Gasteiger partial charge in [0.2, 0.25) is 0 Å². The lowest BCUT2D eigenvalue weighted by atomic mass is 10.3. The van der Waals surface area contributed by atoms with Gasteiger partial charge in [0, 0.05) is 16.9 Å². The molecule has 0 aliphatic carbocycles. The third kappa shape index (κ3) is 4.50. The molecule has 6 nitrogen and oxygen atoms in total. The summed E-state index contributed by atoms with van der Waals surface area (Å²) in [5.41, 5.74) is 3.42. The van der Waals surface area contributed by atoms with Crippen molar-refractivity contribution in [2.75, 3.05) is 5.32 Å². The number of carbonyl (C=O) groups is 2. The molecule has 1 heterocycles. The van der Waals surface area contributed by atoms with Crippen LogP contribution >= 0.6 is 15.9 Å². The van der Waals surface area contributed by atoms with Crippen molar-refractivity contribution in [3.63, 3.8) is 0 Å². The predicted molar refractivity (Wildman–Crippen MR) is 82.7 cm³/mol. The summed E-state index contributed by atoms with van der Waals surface area (Å²) in [7, 11) is 0. The topological polar surface area (TPSA) is 83.5 Å². The Bertz CT molecular complexity index is 674. The zero-order chi connectivity index (χ0) is 15.1. The molecule has 0 bridgehead atoms. The minimum absolute atomic E-state index is 0.510. The first-order valence-electron chi connectivity index (χ1n) is 5.96. The summed E-state index contributed by atoms with van der Waals surface area (Å²) in [5, 5.41) is 6.18. The van der Waals surface area contributed by atoms with Crippen molar-refractivity contribution < 1.29 is 9.59 Å². The lowest BCUT2D eigenvalue weighted by Gasteiger charge is -2.05. The summed E-state index contributed by atoms with van der Waals surface area (Å²) in [4.78, 5) is 27.1. The summed E-state index contributed by atoms with van der Waals surface area (Å²) in [6.45, 7) is 0. The summed E-state index contributed by atoms with van der Waals surface area (Å²) < 4.78 is 0.687.